The van der Waals surface area contributed by atoms with E-state index in [2.05, 4.69) is 55.4 Å². The molecule has 0 saturated carbocycles. The number of esters is 4. The predicted molar refractivity (Wildman–Crippen MR) is 367 cm³/mol. The Bertz CT molecular complexity index is 1800. The van der Waals surface area contributed by atoms with Crippen molar-refractivity contribution in [2.75, 3.05) is 39.6 Å². The van der Waals surface area contributed by atoms with E-state index in [0.29, 0.717) is 31.6 Å². The number of hydrogen-bond donors (Lipinski definition) is 3. The van der Waals surface area contributed by atoms with Crippen LogP contribution >= 0.6 is 15.6 Å². The van der Waals surface area contributed by atoms with Gasteiger partial charge in [0.15, 0.2) is 12.2 Å². The lowest BCUT2D eigenvalue weighted by Gasteiger charge is -2.21. The van der Waals surface area contributed by atoms with Gasteiger partial charge < -0.3 is 33.8 Å². The molecule has 0 aromatic heterocycles. The number of aliphatic hydroxyl groups excluding tert-OH is 1. The summed E-state index contributed by atoms with van der Waals surface area (Å²) in [5.41, 5.74) is 0. The van der Waals surface area contributed by atoms with Crippen LogP contribution in [0, 0.1) is 23.7 Å². The van der Waals surface area contributed by atoms with E-state index in [9.17, 15) is 43.2 Å². The zero-order valence-corrected chi connectivity index (χ0v) is 61.3. The van der Waals surface area contributed by atoms with Crippen molar-refractivity contribution in [3.8, 4) is 0 Å². The van der Waals surface area contributed by atoms with Gasteiger partial charge >= 0.3 is 39.5 Å². The van der Waals surface area contributed by atoms with Gasteiger partial charge in [0.2, 0.25) is 0 Å². The highest BCUT2D eigenvalue weighted by Gasteiger charge is 2.30. The Labute approximate surface area is 556 Å². The van der Waals surface area contributed by atoms with Gasteiger partial charge in [-0.15, -0.1) is 0 Å². The van der Waals surface area contributed by atoms with Gasteiger partial charge in [-0.1, -0.05) is 306 Å². The molecule has 0 heterocycles. The summed E-state index contributed by atoms with van der Waals surface area (Å²) in [4.78, 5) is 72.6. The van der Waals surface area contributed by atoms with Crippen LogP contribution in [0.3, 0.4) is 0 Å². The zero-order valence-electron chi connectivity index (χ0n) is 59.5. The summed E-state index contributed by atoms with van der Waals surface area (Å²) in [6.07, 6.45) is 44.6. The summed E-state index contributed by atoms with van der Waals surface area (Å²) in [7, 11) is -9.90. The van der Waals surface area contributed by atoms with E-state index in [4.69, 9.17) is 37.0 Å². The molecule has 0 radical (unpaired) electrons. The van der Waals surface area contributed by atoms with Crippen molar-refractivity contribution in [3.63, 3.8) is 0 Å². The monoisotopic (exact) mass is 1340 g/mol. The van der Waals surface area contributed by atoms with Crippen molar-refractivity contribution in [1.29, 1.82) is 0 Å². The molecule has 0 aliphatic heterocycles. The maximum Gasteiger partial charge on any atom is 0.472 e. The van der Waals surface area contributed by atoms with E-state index in [1.54, 1.807) is 0 Å². The first-order chi connectivity index (χ1) is 43.6. The number of ether oxygens (including phenoxy) is 4. The molecule has 0 aliphatic rings. The van der Waals surface area contributed by atoms with E-state index in [0.717, 1.165) is 120 Å². The Balaban J connectivity index is 5.21. The van der Waals surface area contributed by atoms with Gasteiger partial charge in [-0.3, -0.25) is 37.3 Å². The largest absolute Gasteiger partial charge is 0.472 e. The van der Waals surface area contributed by atoms with Crippen LogP contribution in [0.1, 0.15) is 357 Å². The van der Waals surface area contributed by atoms with Crippen molar-refractivity contribution in [2.24, 2.45) is 23.7 Å². The second-order valence-electron chi connectivity index (χ2n) is 27.6. The molecule has 0 amide bonds. The van der Waals surface area contributed by atoms with Gasteiger partial charge in [-0.2, -0.15) is 0 Å². The van der Waals surface area contributed by atoms with E-state index in [1.165, 1.54) is 148 Å². The van der Waals surface area contributed by atoms with Gasteiger partial charge in [0, 0.05) is 25.7 Å². The van der Waals surface area contributed by atoms with E-state index >= 15 is 0 Å². The lowest BCUT2D eigenvalue weighted by atomic mass is 10.00. The fourth-order valence-electron chi connectivity index (χ4n) is 10.8. The first-order valence-electron chi connectivity index (χ1n) is 37.2. The lowest BCUT2D eigenvalue weighted by molar-refractivity contribution is -0.161. The molecule has 0 aromatic rings. The van der Waals surface area contributed by atoms with Crippen LogP contribution in [0.15, 0.2) is 0 Å². The molecule has 540 valence electrons. The smallest absolute Gasteiger partial charge is 0.462 e. The summed E-state index contributed by atoms with van der Waals surface area (Å²) in [6.45, 7) is 14.1. The molecule has 17 nitrogen and oxygen atoms in total. The normalized spacial score (nSPS) is 14.5. The molecule has 6 atom stereocenters. The number of unbranched alkanes of at least 4 members (excludes halogenated alkanes) is 34. The van der Waals surface area contributed by atoms with Gasteiger partial charge in [0.25, 0.3) is 0 Å². The quantitative estimate of drug-likeness (QED) is 0.0222. The van der Waals surface area contributed by atoms with E-state index in [-0.39, 0.29) is 25.7 Å². The number of phosphoric ester groups is 2. The van der Waals surface area contributed by atoms with Crippen molar-refractivity contribution < 1.29 is 80.2 Å². The first kappa shape index (κ1) is 89.1. The second-order valence-corrected chi connectivity index (χ2v) is 30.6. The van der Waals surface area contributed by atoms with Crippen molar-refractivity contribution in [3.05, 3.63) is 0 Å². The maximum absolute atomic E-state index is 13.0. The highest BCUT2D eigenvalue weighted by atomic mass is 31.2. The van der Waals surface area contributed by atoms with Gasteiger partial charge in [0.1, 0.15) is 19.3 Å². The van der Waals surface area contributed by atoms with Crippen LogP contribution < -0.4 is 0 Å². The summed E-state index contributed by atoms with van der Waals surface area (Å²) < 4.78 is 68.3. The van der Waals surface area contributed by atoms with Crippen LogP contribution in [-0.4, -0.2) is 96.7 Å². The van der Waals surface area contributed by atoms with E-state index < -0.39 is 97.5 Å². The minimum atomic E-state index is -4.95. The predicted octanol–water partition coefficient (Wildman–Crippen LogP) is 20.5. The molecule has 3 N–H and O–H groups in total. The zero-order chi connectivity index (χ0) is 67.5. The first-order valence-corrected chi connectivity index (χ1v) is 40.2. The van der Waals surface area contributed by atoms with Crippen LogP contribution in [0.4, 0.5) is 0 Å². The number of rotatable bonds is 69. The molecule has 0 aromatic carbocycles. The van der Waals surface area contributed by atoms with Crippen molar-refractivity contribution in [2.45, 2.75) is 375 Å². The van der Waals surface area contributed by atoms with E-state index in [1.807, 2.05) is 0 Å². The summed E-state index contributed by atoms with van der Waals surface area (Å²) >= 11 is 0. The lowest BCUT2D eigenvalue weighted by Crippen LogP contribution is -2.30. The van der Waals surface area contributed by atoms with Crippen LogP contribution in [-0.2, 0) is 65.4 Å². The van der Waals surface area contributed by atoms with Crippen LogP contribution in [0.25, 0.3) is 0 Å². The highest BCUT2D eigenvalue weighted by Crippen LogP contribution is 2.45. The van der Waals surface area contributed by atoms with Gasteiger partial charge in [0.05, 0.1) is 26.4 Å². The molecule has 91 heavy (non-hydrogen) atoms. The Morgan fingerprint density at radius 2 is 0.527 bits per heavy atom. The number of carbonyl (C=O) groups is 4. The average Bonchev–Trinajstić information content (AvgIpc) is 3.07. The summed E-state index contributed by atoms with van der Waals surface area (Å²) in [5, 5.41) is 10.6. The molecule has 0 saturated heterocycles. The Kier molecular flexibility index (Phi) is 60.3. The molecule has 19 heteroatoms. The van der Waals surface area contributed by atoms with Crippen molar-refractivity contribution >= 4 is 39.5 Å². The average molecular weight is 1340 g/mol. The van der Waals surface area contributed by atoms with Gasteiger partial charge in [-0.25, -0.2) is 9.13 Å². The fraction of sp³-hybridized carbons (Fsp3) is 0.944. The summed E-state index contributed by atoms with van der Waals surface area (Å²) in [6, 6.07) is 0. The second kappa shape index (κ2) is 61.6. The van der Waals surface area contributed by atoms with Crippen LogP contribution in [0.2, 0.25) is 0 Å². The SMILES string of the molecule is CCC(C)CCCCCCCCC(=O)OC[C@H](COP(=O)(O)OC[C@@H](O)COP(=O)(O)OC[C@@H](COC(=O)CCCCCCCCC(C)C)OC(=O)CCCCCCCCCCCCCC(C)C)OC(=O)CCCCCCCCCCCCCCCCCC(C)C. The molecule has 0 spiro atoms. The summed E-state index contributed by atoms with van der Waals surface area (Å²) in [5.74, 6) is 0.849. The third kappa shape index (κ3) is 65.1. The maximum atomic E-state index is 13.0. The fourth-order valence-corrected chi connectivity index (χ4v) is 12.4. The van der Waals surface area contributed by atoms with Crippen LogP contribution in [0.5, 0.6) is 0 Å². The molecule has 3 unspecified atom stereocenters. The van der Waals surface area contributed by atoms with Crippen molar-refractivity contribution in [1.82, 2.24) is 0 Å². The Morgan fingerprint density at radius 3 is 0.780 bits per heavy atom. The number of phosphoric acid groups is 2. The highest BCUT2D eigenvalue weighted by molar-refractivity contribution is 7.47. The Hall–Kier alpha value is -1.94. The molecule has 0 fully saturated rings. The molecular formula is C72H140O17P2. The standard InChI is InChI=1S/C72H140O17P2/c1-9-65(8)51-43-35-29-31-37-45-53-70(75)83-59-68(89-71(76)54-46-38-26-22-18-14-12-10-11-13-16-20-24-32-40-48-62(2)3)61-87-91(80,81)85-57-66(73)56-84-90(78,79)86-60-67(58-82-69(74)52-44-36-30-28-34-42-50-64(6)7)88-72(77)55-47-39-27-23-19-15-17-21-25-33-41-49-63(4)5/h62-68,73H,9-61H2,1-8H3,(H,78,79)(H,80,81)/t65?,66-,67+,68+/m0/s1. The molecule has 0 rings (SSSR count). The number of hydrogen-bond acceptors (Lipinski definition) is 15. The Morgan fingerprint density at radius 1 is 0.308 bits per heavy atom. The molecular weight excluding hydrogens is 1200 g/mol. The third-order valence-corrected chi connectivity index (χ3v) is 18.8. The third-order valence-electron chi connectivity index (χ3n) is 16.9. The molecule has 0 bridgehead atoms. The number of carbonyl (C=O) groups excluding carboxylic acids is 4. The topological polar surface area (TPSA) is 237 Å². The number of aliphatic hydroxyl groups is 1. The minimum absolute atomic E-state index is 0.105. The minimum Gasteiger partial charge on any atom is -0.462 e. The van der Waals surface area contributed by atoms with Gasteiger partial charge in [-0.05, 0) is 49.4 Å². The molecule has 0 aliphatic carbocycles.